The zero-order chi connectivity index (χ0) is 13.8. The fraction of sp³-hybridized carbons (Fsp3) is 0.0769. The summed E-state index contributed by atoms with van der Waals surface area (Å²) in [6, 6.07) is 11.1. The van der Waals surface area contributed by atoms with Crippen molar-refractivity contribution in [2.24, 2.45) is 0 Å². The van der Waals surface area contributed by atoms with Crippen molar-refractivity contribution in [2.45, 2.75) is 6.61 Å². The van der Waals surface area contributed by atoms with Crippen LogP contribution in [0.25, 0.3) is 0 Å². The van der Waals surface area contributed by atoms with E-state index in [4.69, 9.17) is 4.74 Å². The molecule has 0 amide bonds. The average molecular weight is 326 g/mol. The molecule has 0 aliphatic carbocycles. The minimum Gasteiger partial charge on any atom is -0.489 e. The van der Waals surface area contributed by atoms with Gasteiger partial charge in [-0.1, -0.05) is 34.1 Å². The van der Waals surface area contributed by atoms with E-state index in [0.29, 0.717) is 5.75 Å². The van der Waals surface area contributed by atoms with Gasteiger partial charge < -0.3 is 4.74 Å². The summed E-state index contributed by atoms with van der Waals surface area (Å²) in [7, 11) is 0. The molecule has 2 aromatic carbocycles. The molecular weight excluding hydrogens is 317 g/mol. The number of nitro benzene ring substituents is 1. The maximum Gasteiger partial charge on any atom is 0.305 e. The quantitative estimate of drug-likeness (QED) is 0.628. The second-order valence-electron chi connectivity index (χ2n) is 3.75. The van der Waals surface area contributed by atoms with Crippen molar-refractivity contribution in [2.75, 3.05) is 0 Å². The maximum atomic E-state index is 13.8. The normalized spacial score (nSPS) is 10.2. The molecule has 0 saturated heterocycles. The van der Waals surface area contributed by atoms with Crippen molar-refractivity contribution < 1.29 is 14.1 Å². The van der Waals surface area contributed by atoms with Crippen LogP contribution in [-0.4, -0.2) is 4.92 Å². The number of rotatable bonds is 4. The van der Waals surface area contributed by atoms with Crippen molar-refractivity contribution in [1.29, 1.82) is 0 Å². The van der Waals surface area contributed by atoms with E-state index < -0.39 is 16.4 Å². The number of hydrogen-bond donors (Lipinski definition) is 0. The lowest BCUT2D eigenvalue weighted by molar-refractivity contribution is -0.387. The molecule has 0 bridgehead atoms. The van der Waals surface area contributed by atoms with Crippen molar-refractivity contribution >= 4 is 21.6 Å². The van der Waals surface area contributed by atoms with E-state index in [0.717, 1.165) is 10.5 Å². The van der Waals surface area contributed by atoms with Gasteiger partial charge in [-0.15, -0.1) is 0 Å². The lowest BCUT2D eigenvalue weighted by Crippen LogP contribution is -2.01. The summed E-state index contributed by atoms with van der Waals surface area (Å²) < 4.78 is 20.0. The first-order chi connectivity index (χ1) is 9.08. The van der Waals surface area contributed by atoms with Gasteiger partial charge in [0.25, 0.3) is 0 Å². The molecule has 19 heavy (non-hydrogen) atoms. The molecule has 0 aromatic heterocycles. The van der Waals surface area contributed by atoms with Crippen LogP contribution < -0.4 is 4.74 Å². The lowest BCUT2D eigenvalue weighted by Gasteiger charge is -2.07. The number of halogens is 2. The van der Waals surface area contributed by atoms with E-state index in [9.17, 15) is 14.5 Å². The molecule has 0 radical (unpaired) electrons. The van der Waals surface area contributed by atoms with Gasteiger partial charge in [-0.2, -0.15) is 4.39 Å². The molecule has 0 aliphatic rings. The first-order valence-electron chi connectivity index (χ1n) is 5.38. The second kappa shape index (κ2) is 5.79. The summed E-state index contributed by atoms with van der Waals surface area (Å²) in [4.78, 5) is 9.86. The Morgan fingerprint density at radius 2 is 2.00 bits per heavy atom. The molecule has 0 saturated carbocycles. The topological polar surface area (TPSA) is 52.4 Å². The summed E-state index contributed by atoms with van der Waals surface area (Å²) in [5.74, 6) is -0.303. The van der Waals surface area contributed by atoms with Crippen LogP contribution in [0.4, 0.5) is 10.1 Å². The summed E-state index contributed by atoms with van der Waals surface area (Å²) in [5, 5.41) is 10.6. The monoisotopic (exact) mass is 325 g/mol. The number of nitrogens with zero attached hydrogens (tertiary/aromatic N) is 1. The molecule has 0 atom stereocenters. The highest BCUT2D eigenvalue weighted by molar-refractivity contribution is 9.10. The van der Waals surface area contributed by atoms with Crippen LogP contribution in [0.2, 0.25) is 0 Å². The molecule has 4 nitrogen and oxygen atoms in total. The van der Waals surface area contributed by atoms with E-state index in [1.54, 1.807) is 18.2 Å². The lowest BCUT2D eigenvalue weighted by atomic mass is 10.2. The van der Waals surface area contributed by atoms with Crippen LogP contribution in [0.15, 0.2) is 46.9 Å². The molecule has 0 heterocycles. The third-order valence-electron chi connectivity index (χ3n) is 2.45. The van der Waals surface area contributed by atoms with Crippen LogP contribution in [0.5, 0.6) is 5.75 Å². The van der Waals surface area contributed by atoms with Crippen LogP contribution in [0.3, 0.4) is 0 Å². The zero-order valence-corrected chi connectivity index (χ0v) is 11.3. The molecule has 6 heteroatoms. The Balaban J connectivity index is 2.16. The van der Waals surface area contributed by atoms with Crippen LogP contribution in [0, 0.1) is 15.9 Å². The minimum atomic E-state index is -0.859. The largest absolute Gasteiger partial charge is 0.489 e. The summed E-state index contributed by atoms with van der Waals surface area (Å²) in [6.45, 7) is -0.0655. The predicted octanol–water partition coefficient (Wildman–Crippen LogP) is 4.08. The summed E-state index contributed by atoms with van der Waals surface area (Å²) >= 11 is 3.29. The van der Waals surface area contributed by atoms with Crippen LogP contribution >= 0.6 is 15.9 Å². The molecular formula is C13H9BrFNO3. The summed E-state index contributed by atoms with van der Waals surface area (Å²) in [6.07, 6.45) is 0. The second-order valence-corrected chi connectivity index (χ2v) is 4.67. The number of nitro groups is 1. The molecule has 0 aliphatic heterocycles. The number of hydrogen-bond acceptors (Lipinski definition) is 3. The Bertz CT molecular complexity index is 619. The Morgan fingerprint density at radius 1 is 1.26 bits per heavy atom. The Kier molecular flexibility index (Phi) is 4.11. The van der Waals surface area contributed by atoms with E-state index in [2.05, 4.69) is 15.9 Å². The van der Waals surface area contributed by atoms with Crippen molar-refractivity contribution in [1.82, 2.24) is 0 Å². The number of benzene rings is 2. The molecule has 0 unspecified atom stereocenters. The molecule has 0 spiro atoms. The average Bonchev–Trinajstić information content (AvgIpc) is 2.37. The Labute approximate surface area is 117 Å². The molecule has 2 aromatic rings. The van der Waals surface area contributed by atoms with E-state index in [1.165, 1.54) is 12.1 Å². The Hall–Kier alpha value is -1.95. The summed E-state index contributed by atoms with van der Waals surface area (Å²) in [5.41, 5.74) is -0.399. The highest BCUT2D eigenvalue weighted by atomic mass is 79.9. The van der Waals surface area contributed by atoms with Gasteiger partial charge in [0.05, 0.1) is 4.92 Å². The zero-order valence-electron chi connectivity index (χ0n) is 9.68. The SMILES string of the molecule is O=[N+]([O-])c1cccc(COc2cccc(Br)c2)c1F. The highest BCUT2D eigenvalue weighted by Crippen LogP contribution is 2.23. The minimum absolute atomic E-state index is 0.0655. The Morgan fingerprint density at radius 3 is 2.68 bits per heavy atom. The molecule has 0 N–H and O–H groups in total. The first kappa shape index (κ1) is 13.5. The van der Waals surface area contributed by atoms with E-state index >= 15 is 0 Å². The van der Waals surface area contributed by atoms with E-state index in [-0.39, 0.29) is 12.2 Å². The molecule has 2 rings (SSSR count). The van der Waals surface area contributed by atoms with Crippen molar-refractivity contribution in [3.8, 4) is 5.75 Å². The molecule has 0 fully saturated rings. The first-order valence-corrected chi connectivity index (χ1v) is 6.17. The van der Waals surface area contributed by atoms with Gasteiger partial charge in [0.2, 0.25) is 5.82 Å². The fourth-order valence-corrected chi connectivity index (χ4v) is 1.91. The smallest absolute Gasteiger partial charge is 0.305 e. The number of ether oxygens (including phenoxy) is 1. The maximum absolute atomic E-state index is 13.8. The van der Waals surface area contributed by atoms with Gasteiger partial charge in [-0.05, 0) is 18.2 Å². The molecule has 98 valence electrons. The highest BCUT2D eigenvalue weighted by Gasteiger charge is 2.17. The van der Waals surface area contributed by atoms with Gasteiger partial charge in [0.15, 0.2) is 0 Å². The van der Waals surface area contributed by atoms with Crippen molar-refractivity contribution in [3.05, 3.63) is 68.4 Å². The van der Waals surface area contributed by atoms with Gasteiger partial charge >= 0.3 is 5.69 Å². The third kappa shape index (κ3) is 3.29. The van der Waals surface area contributed by atoms with Crippen LogP contribution in [0.1, 0.15) is 5.56 Å². The van der Waals surface area contributed by atoms with Crippen LogP contribution in [-0.2, 0) is 6.61 Å². The third-order valence-corrected chi connectivity index (χ3v) is 2.94. The van der Waals surface area contributed by atoms with Gasteiger partial charge in [-0.3, -0.25) is 10.1 Å². The van der Waals surface area contributed by atoms with E-state index in [1.807, 2.05) is 6.07 Å². The standard InChI is InChI=1S/C13H9BrFNO3/c14-10-4-2-5-11(7-10)19-8-9-3-1-6-12(13(9)15)16(17)18/h1-7H,8H2. The van der Waals surface area contributed by atoms with Crippen molar-refractivity contribution in [3.63, 3.8) is 0 Å². The van der Waals surface area contributed by atoms with Gasteiger partial charge in [0, 0.05) is 16.1 Å². The fourth-order valence-electron chi connectivity index (χ4n) is 1.54. The van der Waals surface area contributed by atoms with Gasteiger partial charge in [0.1, 0.15) is 12.4 Å². The van der Waals surface area contributed by atoms with Gasteiger partial charge in [-0.25, -0.2) is 0 Å². The predicted molar refractivity (Wildman–Crippen MR) is 71.5 cm³/mol.